The number of pyridine rings is 1. The van der Waals surface area contributed by atoms with Gasteiger partial charge in [-0.2, -0.15) is 5.10 Å². The van der Waals surface area contributed by atoms with Crippen LogP contribution in [0.25, 0.3) is 15.8 Å². The maximum absolute atomic E-state index is 11.6. The lowest BCUT2D eigenvalue weighted by Crippen LogP contribution is -2.28. The van der Waals surface area contributed by atoms with Crippen molar-refractivity contribution in [3.05, 3.63) is 76.7 Å². The topological polar surface area (TPSA) is 59.8 Å². The van der Waals surface area contributed by atoms with Crippen LogP contribution in [-0.2, 0) is 17.6 Å². The molecule has 4 aromatic rings. The van der Waals surface area contributed by atoms with Crippen molar-refractivity contribution in [1.29, 1.82) is 0 Å². The fourth-order valence-electron chi connectivity index (χ4n) is 4.22. The van der Waals surface area contributed by atoms with Crippen molar-refractivity contribution in [2.24, 2.45) is 0 Å². The van der Waals surface area contributed by atoms with E-state index in [1.165, 1.54) is 26.2 Å². The van der Waals surface area contributed by atoms with Crippen LogP contribution in [0, 0.1) is 0 Å². The van der Waals surface area contributed by atoms with Crippen molar-refractivity contribution in [2.45, 2.75) is 38.6 Å². The Morgan fingerprint density at radius 1 is 1.28 bits per heavy atom. The normalized spacial score (nSPS) is 16.0. The Morgan fingerprint density at radius 2 is 2.21 bits per heavy atom. The minimum atomic E-state index is 0.0102. The first-order valence-corrected chi connectivity index (χ1v) is 10.8. The molecule has 0 radical (unpaired) electrons. The Hall–Kier alpha value is -2.99. The average molecular weight is 403 g/mol. The SMILES string of the molecule is CC(=O)NC1CCCc2c1cnn2-c1cccc2cc(Cc3cccnc3)sc12. The summed E-state index contributed by atoms with van der Waals surface area (Å²) in [5.74, 6) is 0.0102. The van der Waals surface area contributed by atoms with Gasteiger partial charge in [0.1, 0.15) is 0 Å². The average Bonchev–Trinajstić information content (AvgIpc) is 3.32. The van der Waals surface area contributed by atoms with E-state index in [2.05, 4.69) is 45.3 Å². The third-order valence-electron chi connectivity index (χ3n) is 5.46. The van der Waals surface area contributed by atoms with Gasteiger partial charge in [-0.05, 0) is 48.4 Å². The van der Waals surface area contributed by atoms with Gasteiger partial charge < -0.3 is 5.32 Å². The van der Waals surface area contributed by atoms with E-state index < -0.39 is 0 Å². The van der Waals surface area contributed by atoms with Gasteiger partial charge in [0.15, 0.2) is 0 Å². The van der Waals surface area contributed by atoms with E-state index in [4.69, 9.17) is 5.10 Å². The predicted octanol–water partition coefficient (Wildman–Crippen LogP) is 4.59. The number of nitrogens with zero attached hydrogens (tertiary/aromatic N) is 3. The quantitative estimate of drug-likeness (QED) is 0.543. The van der Waals surface area contributed by atoms with E-state index in [9.17, 15) is 4.79 Å². The number of hydrogen-bond donors (Lipinski definition) is 1. The summed E-state index contributed by atoms with van der Waals surface area (Å²) in [7, 11) is 0. The molecule has 0 fully saturated rings. The van der Waals surface area contributed by atoms with Crippen molar-refractivity contribution < 1.29 is 4.79 Å². The second-order valence-electron chi connectivity index (χ2n) is 7.55. The molecule has 146 valence electrons. The van der Waals surface area contributed by atoms with E-state index in [-0.39, 0.29) is 11.9 Å². The molecule has 0 saturated heterocycles. The van der Waals surface area contributed by atoms with Crippen LogP contribution < -0.4 is 5.32 Å². The van der Waals surface area contributed by atoms with E-state index in [1.807, 2.05) is 36.0 Å². The fourth-order valence-corrected chi connectivity index (χ4v) is 5.41. The maximum atomic E-state index is 11.6. The summed E-state index contributed by atoms with van der Waals surface area (Å²) in [6.07, 6.45) is 9.55. The lowest BCUT2D eigenvalue weighted by molar-refractivity contribution is -0.119. The number of carbonyl (C=O) groups excluding carboxylic acids is 1. The van der Waals surface area contributed by atoms with Gasteiger partial charge in [0.25, 0.3) is 0 Å². The van der Waals surface area contributed by atoms with Crippen LogP contribution in [0.1, 0.15) is 47.5 Å². The summed E-state index contributed by atoms with van der Waals surface area (Å²) in [4.78, 5) is 17.1. The smallest absolute Gasteiger partial charge is 0.217 e. The van der Waals surface area contributed by atoms with Gasteiger partial charge in [-0.15, -0.1) is 11.3 Å². The van der Waals surface area contributed by atoms with Crippen LogP contribution in [0.5, 0.6) is 0 Å². The minimum absolute atomic E-state index is 0.0102. The van der Waals surface area contributed by atoms with Crippen LogP contribution in [-0.4, -0.2) is 20.7 Å². The monoisotopic (exact) mass is 402 g/mol. The molecule has 5 rings (SSSR count). The van der Waals surface area contributed by atoms with Gasteiger partial charge >= 0.3 is 0 Å². The summed E-state index contributed by atoms with van der Waals surface area (Å²) in [6, 6.07) is 12.8. The van der Waals surface area contributed by atoms with Crippen LogP contribution in [0.3, 0.4) is 0 Å². The highest BCUT2D eigenvalue weighted by Crippen LogP contribution is 2.36. The highest BCUT2D eigenvalue weighted by molar-refractivity contribution is 7.19. The molecular formula is C23H22N4OS. The molecule has 0 spiro atoms. The summed E-state index contributed by atoms with van der Waals surface area (Å²) in [6.45, 7) is 1.58. The second-order valence-corrected chi connectivity index (χ2v) is 8.69. The highest BCUT2D eigenvalue weighted by atomic mass is 32.1. The van der Waals surface area contributed by atoms with Gasteiger partial charge in [0.2, 0.25) is 5.91 Å². The Balaban J connectivity index is 1.54. The molecule has 3 aromatic heterocycles. The molecule has 1 atom stereocenters. The number of thiophene rings is 1. The third kappa shape index (κ3) is 3.44. The number of rotatable bonds is 4. The van der Waals surface area contributed by atoms with E-state index >= 15 is 0 Å². The van der Waals surface area contributed by atoms with E-state index in [0.29, 0.717) is 0 Å². The van der Waals surface area contributed by atoms with E-state index in [0.717, 1.165) is 36.9 Å². The molecule has 1 N–H and O–H groups in total. The van der Waals surface area contributed by atoms with Gasteiger partial charge in [-0.3, -0.25) is 9.78 Å². The Kier molecular flexibility index (Phi) is 4.64. The second kappa shape index (κ2) is 7.44. The van der Waals surface area contributed by atoms with Crippen LogP contribution in [0.15, 0.2) is 55.0 Å². The molecule has 1 aliphatic rings. The zero-order valence-corrected chi connectivity index (χ0v) is 17.1. The largest absolute Gasteiger partial charge is 0.349 e. The molecule has 29 heavy (non-hydrogen) atoms. The number of nitrogens with one attached hydrogen (secondary N) is 1. The van der Waals surface area contributed by atoms with Crippen molar-refractivity contribution in [2.75, 3.05) is 0 Å². The number of amides is 1. The molecule has 5 nitrogen and oxygen atoms in total. The zero-order chi connectivity index (χ0) is 19.8. The molecule has 6 heteroatoms. The molecule has 1 aromatic carbocycles. The first kappa shape index (κ1) is 18.1. The standard InChI is InChI=1S/C23H22N4OS/c1-15(28)26-20-7-3-8-21-19(20)14-25-27(21)22-9-2-6-17-12-18(29-23(17)22)11-16-5-4-10-24-13-16/h2,4-6,9-10,12-14,20H,3,7-8,11H2,1H3,(H,26,28). The summed E-state index contributed by atoms with van der Waals surface area (Å²) >= 11 is 1.82. The van der Waals surface area contributed by atoms with Gasteiger partial charge in [0.05, 0.1) is 22.6 Å². The molecule has 0 aliphatic heterocycles. The first-order chi connectivity index (χ1) is 14.2. The summed E-state index contributed by atoms with van der Waals surface area (Å²) in [5.41, 5.74) is 4.70. The summed E-state index contributed by atoms with van der Waals surface area (Å²) < 4.78 is 3.33. The van der Waals surface area contributed by atoms with Crippen molar-refractivity contribution >= 4 is 27.3 Å². The molecular weight excluding hydrogens is 380 g/mol. The van der Waals surface area contributed by atoms with Crippen molar-refractivity contribution in [1.82, 2.24) is 20.1 Å². The molecule has 0 bridgehead atoms. The lowest BCUT2D eigenvalue weighted by Gasteiger charge is -2.23. The van der Waals surface area contributed by atoms with Crippen molar-refractivity contribution in [3.8, 4) is 5.69 Å². The Bertz CT molecular complexity index is 1180. The molecule has 1 unspecified atom stereocenters. The Morgan fingerprint density at radius 3 is 3.03 bits per heavy atom. The van der Waals surface area contributed by atoms with Gasteiger partial charge in [-0.25, -0.2) is 4.68 Å². The number of fused-ring (bicyclic) bond motifs is 2. The zero-order valence-electron chi connectivity index (χ0n) is 16.3. The minimum Gasteiger partial charge on any atom is -0.349 e. The molecule has 0 saturated carbocycles. The van der Waals surface area contributed by atoms with E-state index in [1.54, 1.807) is 6.92 Å². The van der Waals surface area contributed by atoms with Gasteiger partial charge in [-0.1, -0.05) is 18.2 Å². The first-order valence-electron chi connectivity index (χ1n) is 9.93. The lowest BCUT2D eigenvalue weighted by atomic mass is 9.93. The fraction of sp³-hybridized carbons (Fsp3) is 0.261. The highest BCUT2D eigenvalue weighted by Gasteiger charge is 2.26. The van der Waals surface area contributed by atoms with Gasteiger partial charge in [0, 0.05) is 41.9 Å². The third-order valence-corrected chi connectivity index (χ3v) is 6.64. The predicted molar refractivity (Wildman–Crippen MR) is 115 cm³/mol. The molecule has 1 aliphatic carbocycles. The van der Waals surface area contributed by atoms with Crippen LogP contribution in [0.4, 0.5) is 0 Å². The Labute approximate surface area is 173 Å². The molecule has 3 heterocycles. The van der Waals surface area contributed by atoms with Crippen LogP contribution in [0.2, 0.25) is 0 Å². The number of benzene rings is 1. The summed E-state index contributed by atoms with van der Waals surface area (Å²) in [5, 5.41) is 9.05. The number of aromatic nitrogens is 3. The van der Waals surface area contributed by atoms with Crippen molar-refractivity contribution in [3.63, 3.8) is 0 Å². The molecule has 1 amide bonds. The van der Waals surface area contributed by atoms with Crippen LogP contribution >= 0.6 is 11.3 Å². The number of carbonyl (C=O) groups is 1. The number of hydrogen-bond acceptors (Lipinski definition) is 4. The maximum Gasteiger partial charge on any atom is 0.217 e.